The minimum atomic E-state index is 1.19. The van der Waals surface area contributed by atoms with Crippen molar-refractivity contribution in [1.29, 1.82) is 0 Å². The van der Waals surface area contributed by atoms with Crippen molar-refractivity contribution in [1.82, 2.24) is 0 Å². The van der Waals surface area contributed by atoms with E-state index in [0.717, 1.165) is 0 Å². The molecule has 0 aliphatic heterocycles. The van der Waals surface area contributed by atoms with Crippen LogP contribution < -0.4 is 0 Å². The predicted molar refractivity (Wildman–Crippen MR) is 45.7 cm³/mol. The van der Waals surface area contributed by atoms with Gasteiger partial charge in [0, 0.05) is 10.8 Å². The fraction of sp³-hybridized carbons (Fsp3) is 0.200. The van der Waals surface area contributed by atoms with E-state index in [1.54, 1.807) is 12.5 Å². The quantitative estimate of drug-likeness (QED) is 0.556. The number of aryl methyl sites for hydroxylation is 2. The molecule has 11 heavy (non-hydrogen) atoms. The van der Waals surface area contributed by atoms with E-state index in [1.165, 1.54) is 21.9 Å². The first-order valence-corrected chi connectivity index (χ1v) is 3.70. The highest BCUT2D eigenvalue weighted by Gasteiger charge is 1.97. The lowest BCUT2D eigenvalue weighted by atomic mass is 10.1. The maximum atomic E-state index is 5.07. The van der Waals surface area contributed by atoms with E-state index in [-0.39, 0.29) is 0 Å². The molecular formula is C10H10O. The van der Waals surface area contributed by atoms with E-state index >= 15 is 0 Å². The Morgan fingerprint density at radius 1 is 0.909 bits per heavy atom. The lowest BCUT2D eigenvalue weighted by Crippen LogP contribution is -1.77. The van der Waals surface area contributed by atoms with Crippen LogP contribution in [0.2, 0.25) is 0 Å². The highest BCUT2D eigenvalue weighted by Crippen LogP contribution is 2.19. The molecule has 0 aliphatic carbocycles. The number of hydrogen-bond donors (Lipinski definition) is 0. The van der Waals surface area contributed by atoms with E-state index in [2.05, 4.69) is 26.0 Å². The van der Waals surface area contributed by atoms with Gasteiger partial charge in [-0.05, 0) is 37.1 Å². The van der Waals surface area contributed by atoms with Crippen LogP contribution in [-0.2, 0) is 0 Å². The van der Waals surface area contributed by atoms with Crippen molar-refractivity contribution in [3.05, 3.63) is 35.8 Å². The van der Waals surface area contributed by atoms with Crippen LogP contribution >= 0.6 is 0 Å². The van der Waals surface area contributed by atoms with Crippen molar-refractivity contribution in [2.24, 2.45) is 0 Å². The van der Waals surface area contributed by atoms with Crippen molar-refractivity contribution >= 4 is 10.8 Å². The molecule has 0 amide bonds. The summed E-state index contributed by atoms with van der Waals surface area (Å²) in [5.74, 6) is 0. The second-order valence-corrected chi connectivity index (χ2v) is 2.94. The largest absolute Gasteiger partial charge is 0.471 e. The second-order valence-electron chi connectivity index (χ2n) is 2.94. The summed E-state index contributed by atoms with van der Waals surface area (Å²) in [6.45, 7) is 4.23. The first-order chi connectivity index (χ1) is 5.27. The van der Waals surface area contributed by atoms with E-state index < -0.39 is 0 Å². The van der Waals surface area contributed by atoms with Gasteiger partial charge >= 0.3 is 0 Å². The molecule has 0 spiro atoms. The van der Waals surface area contributed by atoms with Crippen molar-refractivity contribution < 1.29 is 4.42 Å². The molecule has 0 aliphatic rings. The third-order valence-electron chi connectivity index (χ3n) is 2.09. The van der Waals surface area contributed by atoms with Gasteiger partial charge in [0.15, 0.2) is 0 Å². The molecule has 0 fully saturated rings. The van der Waals surface area contributed by atoms with E-state index in [9.17, 15) is 0 Å². The standard InChI is InChI=1S/C10H10O/c1-7-3-9-5-11-6-10(9)4-8(7)2/h3-6H,1-2H3. The zero-order valence-corrected chi connectivity index (χ0v) is 6.72. The predicted octanol–water partition coefficient (Wildman–Crippen LogP) is 3.05. The molecule has 1 aromatic heterocycles. The summed E-state index contributed by atoms with van der Waals surface area (Å²) in [5.41, 5.74) is 2.64. The summed E-state index contributed by atoms with van der Waals surface area (Å²) in [6.07, 6.45) is 3.56. The van der Waals surface area contributed by atoms with Crippen LogP contribution in [0.1, 0.15) is 11.1 Å². The summed E-state index contributed by atoms with van der Waals surface area (Å²) in [5, 5.41) is 2.38. The Bertz CT molecular complexity index is 349. The maximum absolute atomic E-state index is 5.07. The lowest BCUT2D eigenvalue weighted by molar-refractivity contribution is 0.572. The Kier molecular flexibility index (Phi) is 1.25. The normalized spacial score (nSPS) is 10.7. The van der Waals surface area contributed by atoms with Crippen LogP contribution in [0.5, 0.6) is 0 Å². The molecule has 0 bridgehead atoms. The SMILES string of the molecule is Cc1cc2cocc2cc1C. The lowest BCUT2D eigenvalue weighted by Gasteiger charge is -1.97. The Morgan fingerprint density at radius 3 is 1.82 bits per heavy atom. The molecule has 56 valence electrons. The Balaban J connectivity index is 2.86. The molecule has 0 unspecified atom stereocenters. The van der Waals surface area contributed by atoms with Crippen molar-refractivity contribution in [2.45, 2.75) is 13.8 Å². The molecule has 1 heteroatoms. The zero-order valence-electron chi connectivity index (χ0n) is 6.72. The summed E-state index contributed by atoms with van der Waals surface area (Å²) >= 11 is 0. The van der Waals surface area contributed by atoms with Gasteiger partial charge in [-0.2, -0.15) is 0 Å². The highest BCUT2D eigenvalue weighted by molar-refractivity contribution is 5.82. The Morgan fingerprint density at radius 2 is 1.36 bits per heavy atom. The van der Waals surface area contributed by atoms with Crippen LogP contribution in [0.4, 0.5) is 0 Å². The van der Waals surface area contributed by atoms with Gasteiger partial charge < -0.3 is 4.42 Å². The number of fused-ring (bicyclic) bond motifs is 1. The van der Waals surface area contributed by atoms with Gasteiger partial charge in [0.25, 0.3) is 0 Å². The second kappa shape index (κ2) is 2.12. The monoisotopic (exact) mass is 146 g/mol. The summed E-state index contributed by atoms with van der Waals surface area (Å²) in [6, 6.07) is 4.29. The minimum Gasteiger partial charge on any atom is -0.471 e. The molecule has 1 aromatic carbocycles. The molecule has 0 saturated heterocycles. The summed E-state index contributed by atoms with van der Waals surface area (Å²) < 4.78 is 5.07. The maximum Gasteiger partial charge on any atom is 0.0981 e. The van der Waals surface area contributed by atoms with Crippen molar-refractivity contribution in [3.63, 3.8) is 0 Å². The molecule has 1 heterocycles. The van der Waals surface area contributed by atoms with Crippen LogP contribution in [0, 0.1) is 13.8 Å². The smallest absolute Gasteiger partial charge is 0.0981 e. The number of benzene rings is 1. The molecule has 2 rings (SSSR count). The van der Waals surface area contributed by atoms with E-state index in [1.807, 2.05) is 0 Å². The molecule has 0 radical (unpaired) electrons. The first-order valence-electron chi connectivity index (χ1n) is 3.70. The molecular weight excluding hydrogens is 136 g/mol. The van der Waals surface area contributed by atoms with Gasteiger partial charge in [-0.1, -0.05) is 0 Å². The zero-order chi connectivity index (χ0) is 7.84. The highest BCUT2D eigenvalue weighted by atomic mass is 16.3. The third-order valence-corrected chi connectivity index (χ3v) is 2.09. The average molecular weight is 146 g/mol. The van der Waals surface area contributed by atoms with E-state index in [0.29, 0.717) is 0 Å². The topological polar surface area (TPSA) is 13.1 Å². The fourth-order valence-corrected chi connectivity index (χ4v) is 1.25. The summed E-state index contributed by atoms with van der Waals surface area (Å²) in [7, 11) is 0. The van der Waals surface area contributed by atoms with Crippen LogP contribution in [-0.4, -0.2) is 0 Å². The Hall–Kier alpha value is -1.24. The van der Waals surface area contributed by atoms with Crippen LogP contribution in [0.25, 0.3) is 10.8 Å². The molecule has 1 nitrogen and oxygen atoms in total. The average Bonchev–Trinajstić information content (AvgIpc) is 2.36. The molecule has 0 N–H and O–H groups in total. The number of hydrogen-bond acceptors (Lipinski definition) is 1. The number of furan rings is 1. The minimum absolute atomic E-state index is 1.19. The van der Waals surface area contributed by atoms with Crippen LogP contribution in [0.3, 0.4) is 0 Å². The van der Waals surface area contributed by atoms with Gasteiger partial charge in [0.1, 0.15) is 0 Å². The molecule has 0 saturated carbocycles. The first kappa shape index (κ1) is 6.47. The molecule has 2 aromatic rings. The van der Waals surface area contributed by atoms with Gasteiger partial charge in [0.2, 0.25) is 0 Å². The summed E-state index contributed by atoms with van der Waals surface area (Å²) in [4.78, 5) is 0. The molecule has 0 atom stereocenters. The van der Waals surface area contributed by atoms with Crippen molar-refractivity contribution in [2.75, 3.05) is 0 Å². The van der Waals surface area contributed by atoms with Crippen LogP contribution in [0.15, 0.2) is 29.1 Å². The third kappa shape index (κ3) is 0.929. The fourth-order valence-electron chi connectivity index (χ4n) is 1.25. The van der Waals surface area contributed by atoms with Gasteiger partial charge in [-0.3, -0.25) is 0 Å². The van der Waals surface area contributed by atoms with Gasteiger partial charge in [-0.15, -0.1) is 0 Å². The van der Waals surface area contributed by atoms with Gasteiger partial charge in [0.05, 0.1) is 12.5 Å². The Labute approximate surface area is 65.6 Å². The number of rotatable bonds is 0. The van der Waals surface area contributed by atoms with Gasteiger partial charge in [-0.25, -0.2) is 0 Å². The van der Waals surface area contributed by atoms with E-state index in [4.69, 9.17) is 4.42 Å². The van der Waals surface area contributed by atoms with Crippen molar-refractivity contribution in [3.8, 4) is 0 Å².